The minimum Gasteiger partial charge on any atom is -0.380 e. The van der Waals surface area contributed by atoms with Crippen molar-refractivity contribution in [3.63, 3.8) is 0 Å². The maximum Gasteiger partial charge on any atom is 0.232 e. The third-order valence-corrected chi connectivity index (χ3v) is 7.87. The van der Waals surface area contributed by atoms with Crippen LogP contribution >= 0.6 is 0 Å². The first-order valence-electron chi connectivity index (χ1n) is 7.59. The quantitative estimate of drug-likeness (QED) is 0.715. The topological polar surface area (TPSA) is 75.7 Å². The van der Waals surface area contributed by atoms with Crippen LogP contribution in [0.2, 0.25) is 0 Å². The molecule has 0 radical (unpaired) electrons. The number of nitrogens with zero attached hydrogens (tertiary/aromatic N) is 1. The minimum absolute atomic E-state index is 0.0563. The van der Waals surface area contributed by atoms with E-state index in [1.807, 2.05) is 0 Å². The lowest BCUT2D eigenvalue weighted by Gasteiger charge is -2.44. The molecule has 3 heterocycles. The smallest absolute Gasteiger partial charge is 0.232 e. The maximum atomic E-state index is 13.1. The second-order valence-corrected chi connectivity index (χ2v) is 9.87. The standard InChI is InChI=1S/C14H24N2O4S/c1-13(2)9-16(4-6-21(13,18)19)12(17)14-8-15-7-11(14)3-5-20-10-14/h11,15H,3-10H2,1-2H3/t11-,14+/m1/s1. The summed E-state index contributed by atoms with van der Waals surface area (Å²) in [5, 5.41) is 3.32. The van der Waals surface area contributed by atoms with Crippen LogP contribution in [-0.4, -0.2) is 69.1 Å². The minimum atomic E-state index is -3.12. The molecule has 3 aliphatic heterocycles. The molecule has 6 nitrogen and oxygen atoms in total. The fourth-order valence-corrected chi connectivity index (χ4v) is 5.15. The number of carbonyl (C=O) groups is 1. The fraction of sp³-hybridized carbons (Fsp3) is 0.929. The van der Waals surface area contributed by atoms with E-state index in [0.29, 0.717) is 32.2 Å². The zero-order valence-electron chi connectivity index (χ0n) is 12.7. The molecule has 0 aromatic rings. The van der Waals surface area contributed by atoms with Crippen molar-refractivity contribution in [2.75, 3.05) is 45.1 Å². The van der Waals surface area contributed by atoms with E-state index in [4.69, 9.17) is 4.74 Å². The largest absolute Gasteiger partial charge is 0.380 e. The first-order chi connectivity index (χ1) is 9.79. The van der Waals surface area contributed by atoms with Gasteiger partial charge in [0.15, 0.2) is 9.84 Å². The Hall–Kier alpha value is -0.660. The van der Waals surface area contributed by atoms with Crippen LogP contribution in [0.4, 0.5) is 0 Å². The Balaban J connectivity index is 1.83. The molecule has 3 fully saturated rings. The van der Waals surface area contributed by atoms with Gasteiger partial charge in [-0.15, -0.1) is 0 Å². The highest BCUT2D eigenvalue weighted by Crippen LogP contribution is 2.40. The molecular formula is C14H24N2O4S. The summed E-state index contributed by atoms with van der Waals surface area (Å²) in [6.07, 6.45) is 0.897. The van der Waals surface area contributed by atoms with Gasteiger partial charge in [-0.05, 0) is 32.7 Å². The van der Waals surface area contributed by atoms with Gasteiger partial charge in [0, 0.05) is 26.2 Å². The lowest BCUT2D eigenvalue weighted by atomic mass is 9.74. The maximum absolute atomic E-state index is 13.1. The predicted octanol–water partition coefficient (Wildman–Crippen LogP) is -0.352. The van der Waals surface area contributed by atoms with Gasteiger partial charge in [-0.1, -0.05) is 0 Å². The molecule has 0 aromatic carbocycles. The fourth-order valence-electron chi connectivity index (χ4n) is 3.78. The van der Waals surface area contributed by atoms with Gasteiger partial charge >= 0.3 is 0 Å². The number of ether oxygens (including phenoxy) is 1. The molecule has 0 unspecified atom stereocenters. The zero-order valence-corrected chi connectivity index (χ0v) is 13.5. The van der Waals surface area contributed by atoms with E-state index < -0.39 is 20.0 Å². The Morgan fingerprint density at radius 3 is 2.86 bits per heavy atom. The summed E-state index contributed by atoms with van der Waals surface area (Å²) < 4.78 is 28.9. The third kappa shape index (κ3) is 2.29. The molecule has 120 valence electrons. The van der Waals surface area contributed by atoms with Gasteiger partial charge in [-0.25, -0.2) is 8.42 Å². The monoisotopic (exact) mass is 316 g/mol. The lowest BCUT2D eigenvalue weighted by molar-refractivity contribution is -0.153. The Morgan fingerprint density at radius 1 is 1.38 bits per heavy atom. The molecule has 21 heavy (non-hydrogen) atoms. The van der Waals surface area contributed by atoms with Crippen LogP contribution < -0.4 is 5.32 Å². The molecular weight excluding hydrogens is 292 g/mol. The number of carbonyl (C=O) groups excluding carboxylic acids is 1. The van der Waals surface area contributed by atoms with Gasteiger partial charge < -0.3 is 15.0 Å². The van der Waals surface area contributed by atoms with Crippen molar-refractivity contribution in [1.82, 2.24) is 10.2 Å². The van der Waals surface area contributed by atoms with E-state index in [2.05, 4.69) is 5.32 Å². The van der Waals surface area contributed by atoms with Crippen LogP contribution in [0.25, 0.3) is 0 Å². The summed E-state index contributed by atoms with van der Waals surface area (Å²) in [6.45, 7) is 6.66. The Labute approximate surface area is 126 Å². The van der Waals surface area contributed by atoms with Crippen LogP contribution in [0.1, 0.15) is 20.3 Å². The first kappa shape index (κ1) is 15.2. The average Bonchev–Trinajstić information content (AvgIpc) is 2.86. The molecule has 0 aromatic heterocycles. The number of hydrogen-bond donors (Lipinski definition) is 1. The molecule has 0 bridgehead atoms. The molecule has 7 heteroatoms. The first-order valence-corrected chi connectivity index (χ1v) is 9.24. The van der Waals surface area contributed by atoms with E-state index in [0.717, 1.165) is 13.0 Å². The van der Waals surface area contributed by atoms with Gasteiger partial charge in [0.2, 0.25) is 5.91 Å². The molecule has 0 aliphatic carbocycles. The number of sulfone groups is 1. The van der Waals surface area contributed by atoms with E-state index in [9.17, 15) is 13.2 Å². The van der Waals surface area contributed by atoms with Crippen molar-refractivity contribution >= 4 is 15.7 Å². The number of rotatable bonds is 1. The summed E-state index contributed by atoms with van der Waals surface area (Å²) in [6, 6.07) is 0. The van der Waals surface area contributed by atoms with Crippen molar-refractivity contribution in [2.45, 2.75) is 25.0 Å². The highest BCUT2D eigenvalue weighted by Gasteiger charge is 2.54. The van der Waals surface area contributed by atoms with Crippen molar-refractivity contribution in [2.24, 2.45) is 11.3 Å². The highest BCUT2D eigenvalue weighted by atomic mass is 32.2. The van der Waals surface area contributed by atoms with Crippen LogP contribution in [0.3, 0.4) is 0 Å². The van der Waals surface area contributed by atoms with Crippen LogP contribution in [-0.2, 0) is 19.4 Å². The Kier molecular flexibility index (Phi) is 3.58. The molecule has 3 rings (SSSR count). The number of fused-ring (bicyclic) bond motifs is 1. The van der Waals surface area contributed by atoms with Crippen molar-refractivity contribution < 1.29 is 17.9 Å². The zero-order chi connectivity index (χ0) is 15.3. The third-order valence-electron chi connectivity index (χ3n) is 5.34. The second kappa shape index (κ2) is 4.93. The van der Waals surface area contributed by atoms with Gasteiger partial charge in [-0.2, -0.15) is 0 Å². The molecule has 3 saturated heterocycles. The summed E-state index contributed by atoms with van der Waals surface area (Å²) in [4.78, 5) is 14.8. The summed E-state index contributed by atoms with van der Waals surface area (Å²) in [7, 11) is -3.12. The van der Waals surface area contributed by atoms with Crippen molar-refractivity contribution in [3.8, 4) is 0 Å². The number of hydrogen-bond acceptors (Lipinski definition) is 5. The van der Waals surface area contributed by atoms with Crippen LogP contribution in [0.5, 0.6) is 0 Å². The average molecular weight is 316 g/mol. The summed E-state index contributed by atoms with van der Waals surface area (Å²) in [5.74, 6) is 0.432. The molecule has 2 atom stereocenters. The summed E-state index contributed by atoms with van der Waals surface area (Å²) in [5.41, 5.74) is -0.491. The van der Waals surface area contributed by atoms with Gasteiger partial charge in [0.25, 0.3) is 0 Å². The van der Waals surface area contributed by atoms with Gasteiger partial charge in [-0.3, -0.25) is 4.79 Å². The summed E-state index contributed by atoms with van der Waals surface area (Å²) >= 11 is 0. The lowest BCUT2D eigenvalue weighted by Crippen LogP contribution is -2.60. The van der Waals surface area contributed by atoms with E-state index in [1.54, 1.807) is 18.7 Å². The normalized spacial score (nSPS) is 38.0. The van der Waals surface area contributed by atoms with E-state index >= 15 is 0 Å². The van der Waals surface area contributed by atoms with Crippen molar-refractivity contribution in [3.05, 3.63) is 0 Å². The molecule has 1 amide bonds. The van der Waals surface area contributed by atoms with E-state index in [-0.39, 0.29) is 18.2 Å². The van der Waals surface area contributed by atoms with Gasteiger partial charge in [0.1, 0.15) is 0 Å². The van der Waals surface area contributed by atoms with Crippen LogP contribution in [0.15, 0.2) is 0 Å². The predicted molar refractivity (Wildman–Crippen MR) is 78.7 cm³/mol. The Morgan fingerprint density at radius 2 is 2.14 bits per heavy atom. The number of nitrogens with one attached hydrogen (secondary N) is 1. The van der Waals surface area contributed by atoms with Crippen LogP contribution in [0, 0.1) is 11.3 Å². The van der Waals surface area contributed by atoms with Crippen molar-refractivity contribution in [1.29, 1.82) is 0 Å². The number of amides is 1. The second-order valence-electron chi connectivity index (χ2n) is 7.13. The SMILES string of the molecule is CC1(C)CN(C(=O)[C@]23CNC[C@H]2CCOC3)CCS1(=O)=O. The highest BCUT2D eigenvalue weighted by molar-refractivity contribution is 7.92. The van der Waals surface area contributed by atoms with E-state index in [1.165, 1.54) is 0 Å². The molecule has 3 aliphatic rings. The van der Waals surface area contributed by atoms with Gasteiger partial charge in [0.05, 0.1) is 22.5 Å². The molecule has 0 saturated carbocycles. The molecule has 1 N–H and O–H groups in total. The Bertz CT molecular complexity index is 545. The molecule has 0 spiro atoms.